The molecule has 0 bridgehead atoms. The van der Waals surface area contributed by atoms with E-state index in [0.717, 1.165) is 38.4 Å². The van der Waals surface area contributed by atoms with Crippen LogP contribution < -0.4 is 15.4 Å². The summed E-state index contributed by atoms with van der Waals surface area (Å²) in [6, 6.07) is 8.53. The molecule has 4 heterocycles. The average Bonchev–Trinajstić information content (AvgIpc) is 3.35. The third-order valence-electron chi connectivity index (χ3n) is 6.18. The first kappa shape index (κ1) is 27.0. The van der Waals surface area contributed by atoms with Crippen LogP contribution in [-0.4, -0.2) is 76.9 Å². The number of benzene rings is 1. The van der Waals surface area contributed by atoms with Gasteiger partial charge < -0.3 is 19.6 Å². The van der Waals surface area contributed by atoms with Crippen LogP contribution in [0, 0.1) is 29.1 Å². The van der Waals surface area contributed by atoms with Gasteiger partial charge in [-0.1, -0.05) is 31.8 Å². The van der Waals surface area contributed by atoms with E-state index in [-0.39, 0.29) is 17.4 Å². The Kier molecular flexibility index (Phi) is 8.15. The number of morpholine rings is 1. The molecule has 1 unspecified atom stereocenters. The molecular weight excluding hydrogens is 510 g/mol. The van der Waals surface area contributed by atoms with Crippen molar-refractivity contribution in [3.63, 3.8) is 0 Å². The number of urea groups is 1. The molecule has 1 fully saturated rings. The lowest BCUT2D eigenvalue weighted by Gasteiger charge is -2.26. The molecule has 1 aromatic carbocycles. The van der Waals surface area contributed by atoms with Crippen LogP contribution in [0.3, 0.4) is 0 Å². The van der Waals surface area contributed by atoms with Gasteiger partial charge in [0.15, 0.2) is 11.8 Å². The summed E-state index contributed by atoms with van der Waals surface area (Å²) in [5.74, 6) is 12.8. The third kappa shape index (κ3) is 7.08. The van der Waals surface area contributed by atoms with Crippen LogP contribution in [-0.2, 0) is 9.57 Å². The Morgan fingerprint density at radius 3 is 2.67 bits per heavy atom. The Morgan fingerprint density at radius 1 is 1.15 bits per heavy atom. The van der Waals surface area contributed by atoms with E-state index in [4.69, 9.17) is 14.3 Å². The molecular formula is C29H31N7O4. The van der Waals surface area contributed by atoms with Crippen LogP contribution >= 0.6 is 0 Å². The Bertz CT molecular complexity index is 1510. The van der Waals surface area contributed by atoms with Crippen molar-refractivity contribution in [1.29, 1.82) is 0 Å². The van der Waals surface area contributed by atoms with Gasteiger partial charge in [0, 0.05) is 42.4 Å². The quantitative estimate of drug-likeness (QED) is 0.478. The molecule has 2 aromatic heterocycles. The maximum Gasteiger partial charge on any atom is 0.325 e. The molecule has 206 valence electrons. The number of oxime groups is 1. The molecule has 0 spiro atoms. The van der Waals surface area contributed by atoms with E-state index in [1.807, 2.05) is 39.0 Å². The summed E-state index contributed by atoms with van der Waals surface area (Å²) >= 11 is 0. The highest BCUT2D eigenvalue weighted by Gasteiger charge is 2.27. The highest BCUT2D eigenvalue weighted by molar-refractivity contribution is 6.10. The fourth-order valence-corrected chi connectivity index (χ4v) is 3.90. The lowest BCUT2D eigenvalue weighted by Crippen LogP contribution is -2.38. The largest absolute Gasteiger partial charge is 0.490 e. The maximum absolute atomic E-state index is 12.3. The van der Waals surface area contributed by atoms with E-state index in [2.05, 4.69) is 54.5 Å². The molecule has 40 heavy (non-hydrogen) atoms. The fourth-order valence-electron chi connectivity index (χ4n) is 3.90. The van der Waals surface area contributed by atoms with E-state index < -0.39 is 6.03 Å². The molecule has 0 saturated carbocycles. The second kappa shape index (κ2) is 12.1. The zero-order valence-electron chi connectivity index (χ0n) is 22.7. The predicted octanol–water partition coefficient (Wildman–Crippen LogP) is 2.72. The zero-order valence-corrected chi connectivity index (χ0v) is 22.7. The van der Waals surface area contributed by atoms with Crippen molar-refractivity contribution < 1.29 is 19.1 Å². The van der Waals surface area contributed by atoms with E-state index >= 15 is 0 Å². The van der Waals surface area contributed by atoms with Crippen molar-refractivity contribution >= 4 is 23.2 Å². The van der Waals surface area contributed by atoms with Gasteiger partial charge in [-0.25, -0.2) is 14.3 Å². The second-order valence-electron chi connectivity index (χ2n) is 10.4. The SMILES string of the molecule is CC(C)(C)C1C#CC(NC(=O)Nc2ccc(C#Cc3cnc4cc(OCCN5CCOCC5)cnn34)cc2)=NO1. The van der Waals surface area contributed by atoms with Crippen molar-refractivity contribution in [2.75, 3.05) is 44.8 Å². The summed E-state index contributed by atoms with van der Waals surface area (Å²) < 4.78 is 12.9. The molecule has 2 aliphatic heterocycles. The monoisotopic (exact) mass is 541 g/mol. The number of ether oxygens (including phenoxy) is 2. The fraction of sp³-hybridized carbons (Fsp3) is 0.379. The minimum Gasteiger partial charge on any atom is -0.490 e. The number of hydrogen-bond donors (Lipinski definition) is 2. The number of amides is 2. The molecule has 2 N–H and O–H groups in total. The summed E-state index contributed by atoms with van der Waals surface area (Å²) in [6.45, 7) is 10.8. The van der Waals surface area contributed by atoms with Crippen LogP contribution in [0.1, 0.15) is 32.0 Å². The molecule has 1 atom stereocenters. The second-order valence-corrected chi connectivity index (χ2v) is 10.4. The summed E-state index contributed by atoms with van der Waals surface area (Å²) in [6.07, 6.45) is 3.02. The normalized spacial score (nSPS) is 17.0. The molecule has 2 aliphatic rings. The van der Waals surface area contributed by atoms with Crippen molar-refractivity contribution in [2.45, 2.75) is 26.9 Å². The van der Waals surface area contributed by atoms with Gasteiger partial charge in [-0.3, -0.25) is 10.2 Å². The highest BCUT2D eigenvalue weighted by atomic mass is 16.6. The van der Waals surface area contributed by atoms with E-state index in [1.165, 1.54) is 0 Å². The highest BCUT2D eigenvalue weighted by Crippen LogP contribution is 2.23. The first-order valence-electron chi connectivity index (χ1n) is 13.1. The molecule has 11 heteroatoms. The van der Waals surface area contributed by atoms with Crippen LogP contribution in [0.5, 0.6) is 5.75 Å². The predicted molar refractivity (Wildman–Crippen MR) is 150 cm³/mol. The number of aromatic nitrogens is 3. The van der Waals surface area contributed by atoms with Crippen molar-refractivity contribution in [2.24, 2.45) is 10.6 Å². The number of anilines is 1. The molecule has 11 nitrogen and oxygen atoms in total. The number of hydrogen-bond acceptors (Lipinski definition) is 8. The van der Waals surface area contributed by atoms with Crippen LogP contribution in [0.15, 0.2) is 47.9 Å². The minimum atomic E-state index is -0.467. The Labute approximate surface area is 232 Å². The maximum atomic E-state index is 12.3. The number of amidine groups is 1. The van der Waals surface area contributed by atoms with Gasteiger partial charge in [0.25, 0.3) is 0 Å². The Hall–Kier alpha value is -4.58. The molecule has 0 aliphatic carbocycles. The van der Waals surface area contributed by atoms with E-state index in [1.54, 1.807) is 29.0 Å². The number of carbonyl (C=O) groups is 1. The van der Waals surface area contributed by atoms with E-state index in [9.17, 15) is 4.79 Å². The van der Waals surface area contributed by atoms with Crippen molar-refractivity contribution in [3.05, 3.63) is 54.0 Å². The lowest BCUT2D eigenvalue weighted by atomic mass is 9.89. The number of imidazole rings is 1. The van der Waals surface area contributed by atoms with Crippen LogP contribution in [0.4, 0.5) is 10.5 Å². The number of nitrogens with zero attached hydrogens (tertiary/aromatic N) is 5. The van der Waals surface area contributed by atoms with Crippen molar-refractivity contribution in [1.82, 2.24) is 24.8 Å². The first-order chi connectivity index (χ1) is 19.3. The summed E-state index contributed by atoms with van der Waals surface area (Å²) in [4.78, 5) is 24.4. The standard InChI is InChI=1S/C29H31N7O4/c1-29(2,3)25-10-11-26(34-40-25)33-28(37)32-22-7-4-21(5-8-22)6-9-23-19-30-27-18-24(20-31-36(23)27)39-17-14-35-12-15-38-16-13-35/h4-5,7-8,18-20,25H,12-17H2,1-3H3,(H2,32,33,34,37). The smallest absolute Gasteiger partial charge is 0.325 e. The molecule has 2 amide bonds. The molecule has 1 saturated heterocycles. The number of carbonyl (C=O) groups excluding carboxylic acids is 1. The van der Waals surface area contributed by atoms with E-state index in [0.29, 0.717) is 29.4 Å². The third-order valence-corrected chi connectivity index (χ3v) is 6.18. The molecule has 5 rings (SSSR count). The topological polar surface area (TPSA) is 115 Å². The van der Waals surface area contributed by atoms with Crippen molar-refractivity contribution in [3.8, 4) is 29.4 Å². The zero-order chi connectivity index (χ0) is 28.0. The average molecular weight is 542 g/mol. The lowest BCUT2D eigenvalue weighted by molar-refractivity contribution is 0.0236. The number of nitrogens with one attached hydrogen (secondary N) is 2. The van der Waals surface area contributed by atoms with Gasteiger partial charge >= 0.3 is 6.03 Å². The van der Waals surface area contributed by atoms with Gasteiger partial charge in [0.1, 0.15) is 18.1 Å². The number of rotatable bonds is 5. The van der Waals surface area contributed by atoms with Gasteiger partial charge in [0.05, 0.1) is 25.6 Å². The van der Waals surface area contributed by atoms with Gasteiger partial charge in [-0.2, -0.15) is 5.10 Å². The van der Waals surface area contributed by atoms with Gasteiger partial charge in [0.2, 0.25) is 5.84 Å². The summed E-state index contributed by atoms with van der Waals surface area (Å²) in [5, 5.41) is 13.7. The van der Waals surface area contributed by atoms with Gasteiger partial charge in [-0.15, -0.1) is 0 Å². The minimum absolute atomic E-state index is 0.161. The Balaban J connectivity index is 1.13. The Morgan fingerprint density at radius 2 is 1.95 bits per heavy atom. The number of fused-ring (bicyclic) bond motifs is 1. The summed E-state index contributed by atoms with van der Waals surface area (Å²) in [5.41, 5.74) is 2.51. The summed E-state index contributed by atoms with van der Waals surface area (Å²) in [7, 11) is 0. The first-order valence-corrected chi connectivity index (χ1v) is 13.1. The van der Waals surface area contributed by atoms with Crippen LogP contribution in [0.25, 0.3) is 5.65 Å². The van der Waals surface area contributed by atoms with Gasteiger partial charge in [-0.05, 0) is 42.0 Å². The molecule has 3 aromatic rings. The molecule has 0 radical (unpaired) electrons. The van der Waals surface area contributed by atoms with Crippen LogP contribution in [0.2, 0.25) is 0 Å².